The van der Waals surface area contributed by atoms with Gasteiger partial charge in [-0.2, -0.15) is 5.26 Å². The van der Waals surface area contributed by atoms with Gasteiger partial charge in [0.25, 0.3) is 0 Å². The molecule has 32 heavy (non-hydrogen) atoms. The minimum absolute atomic E-state index is 0.347. The molecule has 164 valence electrons. The molecule has 0 aliphatic carbocycles. The molecule has 0 unspecified atom stereocenters. The fraction of sp³-hybridized carbons (Fsp3) is 0.222. The number of nitriles is 1. The lowest BCUT2D eigenvalue weighted by Crippen LogP contribution is -2.34. The molecule has 4 atom stereocenters. The Hall–Kier alpha value is -2.91. The highest BCUT2D eigenvalue weighted by molar-refractivity contribution is 9.10. The van der Waals surface area contributed by atoms with Gasteiger partial charge >= 0.3 is 0 Å². The van der Waals surface area contributed by atoms with Crippen LogP contribution < -0.4 is 0 Å². The first-order chi connectivity index (χ1) is 15.4. The summed E-state index contributed by atoms with van der Waals surface area (Å²) in [5.41, 5.74) is 2.81. The molecule has 0 heterocycles. The smallest absolute Gasteiger partial charge is 0.117 e. The molecule has 3 aromatic carbocycles. The summed E-state index contributed by atoms with van der Waals surface area (Å²) in [6.45, 7) is 1.88. The minimum Gasteiger partial charge on any atom is -0.387 e. The second-order valence-corrected chi connectivity index (χ2v) is 8.63. The lowest BCUT2D eigenvalue weighted by molar-refractivity contribution is 0.0905. The summed E-state index contributed by atoms with van der Waals surface area (Å²) < 4.78 is 0.807. The number of halogens is 1. The van der Waals surface area contributed by atoms with Gasteiger partial charge in [-0.1, -0.05) is 94.8 Å². The average molecular weight is 491 g/mol. The standard InChI is InChI=1S/C27H27BrN2O2/c1-19(26(31)21-13-7-4-8-14-21)30(2)22(18-29)17-24(20-11-5-3-6-12-20)27(32)23-15-9-10-16-25(23)28/h3-17,19,24,26-27,31-32H,1-2H3/b22-17-/t19-,24-,26-,27+/m0/s1. The molecule has 0 bridgehead atoms. The second-order valence-electron chi connectivity index (χ2n) is 7.77. The van der Waals surface area contributed by atoms with Crippen molar-refractivity contribution in [3.05, 3.63) is 118 Å². The van der Waals surface area contributed by atoms with E-state index in [0.717, 1.165) is 21.2 Å². The van der Waals surface area contributed by atoms with Crippen LogP contribution in [0.4, 0.5) is 0 Å². The van der Waals surface area contributed by atoms with Crippen molar-refractivity contribution in [2.45, 2.75) is 31.1 Å². The summed E-state index contributed by atoms with van der Waals surface area (Å²) in [5.74, 6) is -0.451. The molecule has 0 aromatic heterocycles. The van der Waals surface area contributed by atoms with E-state index in [9.17, 15) is 15.5 Å². The van der Waals surface area contributed by atoms with Crippen molar-refractivity contribution in [1.82, 2.24) is 4.90 Å². The van der Waals surface area contributed by atoms with Crippen LogP contribution in [0.25, 0.3) is 0 Å². The second kappa shape index (κ2) is 11.1. The molecule has 3 rings (SSSR count). The van der Waals surface area contributed by atoms with Gasteiger partial charge in [-0.25, -0.2) is 0 Å². The first kappa shape index (κ1) is 23.7. The highest BCUT2D eigenvalue weighted by Gasteiger charge is 2.27. The largest absolute Gasteiger partial charge is 0.387 e. The maximum Gasteiger partial charge on any atom is 0.117 e. The van der Waals surface area contributed by atoms with E-state index in [1.807, 2.05) is 91.9 Å². The molecular formula is C27H27BrN2O2. The highest BCUT2D eigenvalue weighted by Crippen LogP contribution is 2.37. The van der Waals surface area contributed by atoms with E-state index in [2.05, 4.69) is 22.0 Å². The van der Waals surface area contributed by atoms with Crippen molar-refractivity contribution in [1.29, 1.82) is 5.26 Å². The number of hydrogen-bond donors (Lipinski definition) is 2. The molecule has 5 heteroatoms. The molecular weight excluding hydrogens is 464 g/mol. The number of nitrogens with zero attached hydrogens (tertiary/aromatic N) is 2. The molecule has 3 aromatic rings. The van der Waals surface area contributed by atoms with Crippen molar-refractivity contribution in [2.75, 3.05) is 7.05 Å². The van der Waals surface area contributed by atoms with Crippen LogP contribution in [-0.2, 0) is 0 Å². The summed E-state index contributed by atoms with van der Waals surface area (Å²) >= 11 is 3.53. The summed E-state index contributed by atoms with van der Waals surface area (Å²) in [7, 11) is 1.79. The third-order valence-corrected chi connectivity index (χ3v) is 6.51. The van der Waals surface area contributed by atoms with Crippen LogP contribution in [0.2, 0.25) is 0 Å². The fourth-order valence-electron chi connectivity index (χ4n) is 3.72. The van der Waals surface area contributed by atoms with Gasteiger partial charge in [0.2, 0.25) is 0 Å². The number of aliphatic hydroxyl groups excluding tert-OH is 2. The highest BCUT2D eigenvalue weighted by atomic mass is 79.9. The maximum atomic E-state index is 11.3. The zero-order valence-electron chi connectivity index (χ0n) is 18.1. The Labute approximate surface area is 198 Å². The molecule has 4 nitrogen and oxygen atoms in total. The number of allylic oxidation sites excluding steroid dienone is 1. The maximum absolute atomic E-state index is 11.3. The number of rotatable bonds is 8. The lowest BCUT2D eigenvalue weighted by atomic mass is 9.88. The van der Waals surface area contributed by atoms with Gasteiger partial charge in [0.1, 0.15) is 11.8 Å². The fourth-order valence-corrected chi connectivity index (χ4v) is 4.24. The summed E-state index contributed by atoms with van der Waals surface area (Å²) in [4.78, 5) is 1.76. The van der Waals surface area contributed by atoms with E-state index in [1.165, 1.54) is 0 Å². The molecule has 0 aliphatic heterocycles. The molecule has 0 saturated heterocycles. The Morgan fingerprint density at radius 1 is 0.875 bits per heavy atom. The van der Waals surface area contributed by atoms with Crippen molar-refractivity contribution in [3.63, 3.8) is 0 Å². The molecule has 0 saturated carbocycles. The van der Waals surface area contributed by atoms with Gasteiger partial charge in [0.15, 0.2) is 0 Å². The van der Waals surface area contributed by atoms with E-state index in [-0.39, 0.29) is 6.04 Å². The lowest BCUT2D eigenvalue weighted by Gasteiger charge is -2.31. The molecule has 0 aliphatic rings. The van der Waals surface area contributed by atoms with Gasteiger partial charge in [-0.3, -0.25) is 0 Å². The first-order valence-electron chi connectivity index (χ1n) is 10.5. The summed E-state index contributed by atoms with van der Waals surface area (Å²) in [5, 5.41) is 32.1. The van der Waals surface area contributed by atoms with Gasteiger partial charge in [0, 0.05) is 17.4 Å². The zero-order chi connectivity index (χ0) is 23.1. The molecule has 0 radical (unpaired) electrons. The van der Waals surface area contributed by atoms with Crippen molar-refractivity contribution >= 4 is 15.9 Å². The quantitative estimate of drug-likeness (QED) is 0.395. The van der Waals surface area contributed by atoms with Crippen LogP contribution >= 0.6 is 15.9 Å². The van der Waals surface area contributed by atoms with Crippen LogP contribution in [0.15, 0.2) is 101 Å². The molecule has 0 spiro atoms. The number of benzene rings is 3. The SMILES string of the molecule is C[C@@H]([C@H](O)c1ccccc1)N(C)/C(C#N)=C\[C@@H](c1ccccc1)[C@H](O)c1ccccc1Br. The van der Waals surface area contributed by atoms with Crippen LogP contribution in [-0.4, -0.2) is 28.2 Å². The van der Waals surface area contributed by atoms with E-state index < -0.39 is 18.1 Å². The number of aliphatic hydroxyl groups is 2. The minimum atomic E-state index is -0.862. The monoisotopic (exact) mass is 490 g/mol. The van der Waals surface area contributed by atoms with Gasteiger partial charge in [-0.15, -0.1) is 0 Å². The first-order valence-corrected chi connectivity index (χ1v) is 11.3. The number of hydrogen-bond acceptors (Lipinski definition) is 4. The van der Waals surface area contributed by atoms with Crippen LogP contribution in [0, 0.1) is 11.3 Å². The van der Waals surface area contributed by atoms with E-state index in [1.54, 1.807) is 18.0 Å². The molecule has 2 N–H and O–H groups in total. The zero-order valence-corrected chi connectivity index (χ0v) is 19.7. The average Bonchev–Trinajstić information content (AvgIpc) is 2.84. The van der Waals surface area contributed by atoms with Gasteiger partial charge in [0.05, 0.1) is 18.2 Å². The van der Waals surface area contributed by atoms with Gasteiger partial charge < -0.3 is 15.1 Å². The Balaban J connectivity index is 1.97. The molecule has 0 fully saturated rings. The third-order valence-electron chi connectivity index (χ3n) is 5.79. The Morgan fingerprint density at radius 3 is 1.97 bits per heavy atom. The predicted molar refractivity (Wildman–Crippen MR) is 131 cm³/mol. The topological polar surface area (TPSA) is 67.5 Å². The van der Waals surface area contributed by atoms with E-state index in [0.29, 0.717) is 5.70 Å². The summed E-state index contributed by atoms with van der Waals surface area (Å²) in [6, 6.07) is 28.5. The van der Waals surface area contributed by atoms with Gasteiger partial charge in [-0.05, 0) is 35.8 Å². The normalized spacial score (nSPS) is 15.3. The number of likely N-dealkylation sites (N-methyl/N-ethyl adjacent to an activating group) is 1. The van der Waals surface area contributed by atoms with E-state index >= 15 is 0 Å². The third kappa shape index (κ3) is 5.46. The van der Waals surface area contributed by atoms with Crippen molar-refractivity contribution in [2.24, 2.45) is 0 Å². The van der Waals surface area contributed by atoms with Crippen LogP contribution in [0.1, 0.15) is 41.7 Å². The van der Waals surface area contributed by atoms with Crippen molar-refractivity contribution in [3.8, 4) is 6.07 Å². The summed E-state index contributed by atoms with van der Waals surface area (Å²) in [6.07, 6.45) is 0.161. The van der Waals surface area contributed by atoms with Crippen LogP contribution in [0.3, 0.4) is 0 Å². The van der Waals surface area contributed by atoms with Crippen LogP contribution in [0.5, 0.6) is 0 Å². The predicted octanol–water partition coefficient (Wildman–Crippen LogP) is 5.73. The Kier molecular flexibility index (Phi) is 8.24. The Bertz CT molecular complexity index is 1080. The van der Waals surface area contributed by atoms with E-state index in [4.69, 9.17) is 0 Å². The molecule has 0 amide bonds. The Morgan fingerprint density at radius 2 is 1.41 bits per heavy atom. The van der Waals surface area contributed by atoms with Crippen molar-refractivity contribution < 1.29 is 10.2 Å².